The van der Waals surface area contributed by atoms with Crippen molar-refractivity contribution < 1.29 is 33.0 Å². The minimum absolute atomic E-state index is 0.0338. The molecule has 2 unspecified atom stereocenters. The summed E-state index contributed by atoms with van der Waals surface area (Å²) in [7, 11) is 0. The molecule has 3 heterocycles. The Bertz CT molecular complexity index is 1200. The zero-order chi connectivity index (χ0) is 26.7. The van der Waals surface area contributed by atoms with Crippen LogP contribution in [-0.4, -0.2) is 58.3 Å². The van der Waals surface area contributed by atoms with Crippen LogP contribution in [0.4, 0.5) is 25.0 Å². The fourth-order valence-electron chi connectivity index (χ4n) is 4.56. The molecule has 3 atom stereocenters. The number of pyridine rings is 1. The third kappa shape index (κ3) is 6.08. The summed E-state index contributed by atoms with van der Waals surface area (Å²) in [6.45, 7) is 1.08. The Balaban J connectivity index is 1.64. The van der Waals surface area contributed by atoms with Gasteiger partial charge in [-0.2, -0.15) is 8.78 Å². The number of benzene rings is 1. The van der Waals surface area contributed by atoms with Crippen LogP contribution in [0.3, 0.4) is 0 Å². The molecule has 0 aliphatic carbocycles. The minimum atomic E-state index is -2.98. The molecule has 198 valence electrons. The number of nitrogens with zero attached hydrogens (tertiary/aromatic N) is 3. The molecule has 2 aromatic rings. The fraction of sp³-hybridized carbons (Fsp3) is 0.417. The van der Waals surface area contributed by atoms with E-state index in [9.17, 15) is 23.5 Å². The quantitative estimate of drug-likeness (QED) is 0.487. The van der Waals surface area contributed by atoms with Gasteiger partial charge in [-0.15, -0.1) is 0 Å². The Morgan fingerprint density at radius 2 is 2.14 bits per heavy atom. The van der Waals surface area contributed by atoms with E-state index >= 15 is 0 Å². The zero-order valence-electron chi connectivity index (χ0n) is 20.1. The van der Waals surface area contributed by atoms with Crippen LogP contribution in [0.1, 0.15) is 38.7 Å². The molecule has 0 radical (unpaired) electrons. The predicted octanol–water partition coefficient (Wildman–Crippen LogP) is 4.72. The van der Waals surface area contributed by atoms with Gasteiger partial charge in [0.15, 0.2) is 0 Å². The maximum Gasteiger partial charge on any atom is 0.411 e. The summed E-state index contributed by atoms with van der Waals surface area (Å²) < 4.78 is 34.6. The van der Waals surface area contributed by atoms with Crippen LogP contribution in [0.5, 0.6) is 5.88 Å². The number of guanidine groups is 1. The van der Waals surface area contributed by atoms with E-state index in [1.54, 1.807) is 25.1 Å². The van der Waals surface area contributed by atoms with Gasteiger partial charge < -0.3 is 19.9 Å². The van der Waals surface area contributed by atoms with Crippen LogP contribution < -0.4 is 15.4 Å². The summed E-state index contributed by atoms with van der Waals surface area (Å²) in [6, 6.07) is 7.66. The second-order valence-corrected chi connectivity index (χ2v) is 9.37. The van der Waals surface area contributed by atoms with E-state index in [1.165, 1.54) is 23.2 Å². The average Bonchev–Trinajstić information content (AvgIpc) is 2.80. The lowest BCUT2D eigenvalue weighted by molar-refractivity contribution is -0.133. The minimum Gasteiger partial charge on any atom is -0.465 e. The topological polar surface area (TPSA) is 125 Å². The van der Waals surface area contributed by atoms with E-state index in [-0.39, 0.29) is 41.3 Å². The van der Waals surface area contributed by atoms with Crippen LogP contribution in [0, 0.1) is 0 Å². The van der Waals surface area contributed by atoms with Gasteiger partial charge in [0.05, 0.1) is 40.7 Å². The van der Waals surface area contributed by atoms with Crippen molar-refractivity contribution >= 4 is 40.9 Å². The maximum atomic E-state index is 13.4. The number of carboxylic acid groups (broad SMARTS) is 1. The van der Waals surface area contributed by atoms with Gasteiger partial charge in [-0.3, -0.25) is 15.0 Å². The summed E-state index contributed by atoms with van der Waals surface area (Å²) in [6.07, 6.45) is 0.976. The molecule has 2 aliphatic rings. The van der Waals surface area contributed by atoms with Gasteiger partial charge in [0.25, 0.3) is 0 Å². The molecular formula is C24H26ClF2N5O5. The van der Waals surface area contributed by atoms with Crippen molar-refractivity contribution in [2.75, 3.05) is 11.9 Å². The number of carbonyl (C=O) groups excluding carboxylic acids is 1. The summed E-state index contributed by atoms with van der Waals surface area (Å²) >= 11 is 6.73. The third-order valence-electron chi connectivity index (χ3n) is 6.19. The van der Waals surface area contributed by atoms with E-state index in [2.05, 4.69) is 25.3 Å². The van der Waals surface area contributed by atoms with Crippen LogP contribution in [0.25, 0.3) is 0 Å². The average molecular weight is 538 g/mol. The van der Waals surface area contributed by atoms with Crippen LogP contribution in [0.2, 0.25) is 5.02 Å². The van der Waals surface area contributed by atoms with E-state index < -0.39 is 18.2 Å². The number of aromatic nitrogens is 1. The second kappa shape index (κ2) is 10.9. The number of nitrogens with one attached hydrogen (secondary N) is 2. The van der Waals surface area contributed by atoms with Gasteiger partial charge in [0.2, 0.25) is 17.7 Å². The van der Waals surface area contributed by atoms with Crippen LogP contribution in [-0.2, 0) is 15.1 Å². The molecule has 2 amide bonds. The van der Waals surface area contributed by atoms with Crippen molar-refractivity contribution in [1.29, 1.82) is 0 Å². The highest BCUT2D eigenvalue weighted by atomic mass is 35.5. The number of anilines is 2. The molecule has 1 aromatic heterocycles. The van der Waals surface area contributed by atoms with Gasteiger partial charge in [0.1, 0.15) is 0 Å². The molecule has 0 bridgehead atoms. The lowest BCUT2D eigenvalue weighted by atomic mass is 9.86. The van der Waals surface area contributed by atoms with Crippen molar-refractivity contribution in [3.63, 3.8) is 0 Å². The molecule has 10 nitrogen and oxygen atoms in total. The van der Waals surface area contributed by atoms with Gasteiger partial charge in [-0.25, -0.2) is 14.8 Å². The zero-order valence-corrected chi connectivity index (χ0v) is 20.8. The third-order valence-corrected chi connectivity index (χ3v) is 6.60. The molecule has 37 heavy (non-hydrogen) atoms. The highest BCUT2D eigenvalue weighted by Gasteiger charge is 2.43. The Kier molecular flexibility index (Phi) is 7.79. The summed E-state index contributed by atoms with van der Waals surface area (Å²) in [4.78, 5) is 34.9. The summed E-state index contributed by atoms with van der Waals surface area (Å²) in [5.74, 6) is -0.572. The lowest BCUT2D eigenvalue weighted by Crippen LogP contribution is -2.58. The molecular weight excluding hydrogens is 512 g/mol. The molecule has 1 saturated heterocycles. The number of hydrogen-bond donors (Lipinski definition) is 3. The van der Waals surface area contributed by atoms with Crippen molar-refractivity contribution in [3.05, 3.63) is 47.1 Å². The molecule has 4 rings (SSSR count). The van der Waals surface area contributed by atoms with Crippen molar-refractivity contribution in [2.24, 2.45) is 4.99 Å². The Labute approximate surface area is 216 Å². The number of alkyl halides is 2. The second-order valence-electron chi connectivity index (χ2n) is 9.00. The summed E-state index contributed by atoms with van der Waals surface area (Å²) in [5, 5.41) is 15.1. The first-order valence-corrected chi connectivity index (χ1v) is 11.9. The van der Waals surface area contributed by atoms with Crippen molar-refractivity contribution in [3.8, 4) is 5.88 Å². The number of hydrogen-bond acceptors (Lipinski definition) is 7. The molecule has 0 saturated carbocycles. The van der Waals surface area contributed by atoms with Crippen LogP contribution in [0.15, 0.2) is 41.5 Å². The first-order valence-electron chi connectivity index (χ1n) is 11.6. The lowest BCUT2D eigenvalue weighted by Gasteiger charge is -2.42. The van der Waals surface area contributed by atoms with E-state index in [0.29, 0.717) is 36.4 Å². The molecule has 2 aliphatic heterocycles. The number of carbonyl (C=O) groups is 2. The highest BCUT2D eigenvalue weighted by Crippen LogP contribution is 2.41. The molecule has 3 N–H and O–H groups in total. The van der Waals surface area contributed by atoms with Crippen molar-refractivity contribution in [2.45, 2.75) is 57.4 Å². The Morgan fingerprint density at radius 3 is 2.78 bits per heavy atom. The number of halogens is 3. The SMILES string of the molecule is CC1CC(N2C(=O)C[C@@](C)(c3cccc(Nc4ccc(OC(F)F)nc4)c3Cl)N=C2NC(=O)O)CCO1. The van der Waals surface area contributed by atoms with Gasteiger partial charge in [-0.1, -0.05) is 23.7 Å². The monoisotopic (exact) mass is 537 g/mol. The largest absolute Gasteiger partial charge is 0.465 e. The van der Waals surface area contributed by atoms with Crippen LogP contribution >= 0.6 is 11.6 Å². The van der Waals surface area contributed by atoms with Gasteiger partial charge in [-0.05, 0) is 38.8 Å². The van der Waals surface area contributed by atoms with Gasteiger partial charge in [0, 0.05) is 24.3 Å². The number of rotatable bonds is 6. The molecule has 1 fully saturated rings. The highest BCUT2D eigenvalue weighted by molar-refractivity contribution is 6.34. The smallest absolute Gasteiger partial charge is 0.411 e. The number of aliphatic imine (C=N–C) groups is 1. The normalized spacial score (nSPS) is 24.0. The Hall–Kier alpha value is -3.51. The molecule has 0 spiro atoms. The molecule has 13 heteroatoms. The summed E-state index contributed by atoms with van der Waals surface area (Å²) in [5.41, 5.74) is 0.259. The Morgan fingerprint density at radius 1 is 1.35 bits per heavy atom. The van der Waals surface area contributed by atoms with E-state index in [4.69, 9.17) is 16.3 Å². The first kappa shape index (κ1) is 26.6. The van der Waals surface area contributed by atoms with E-state index in [0.717, 1.165) is 0 Å². The molecule has 1 aromatic carbocycles. The number of ether oxygens (including phenoxy) is 2. The predicted molar refractivity (Wildman–Crippen MR) is 131 cm³/mol. The maximum absolute atomic E-state index is 13.4. The first-order chi connectivity index (χ1) is 17.6. The fourth-order valence-corrected chi connectivity index (χ4v) is 4.94. The standard InChI is InChI=1S/C24H26ClF2N5O5/c1-13-10-15(8-9-36-13)32-19(33)11-24(2,31-22(32)30-23(34)35)16-4-3-5-17(20(16)25)29-14-6-7-18(28-12-14)37-21(26)27/h3-7,12-13,15,21,29H,8-11H2,1-2H3,(H,30,31)(H,34,35)/t13?,15?,24-/m0/s1. The van der Waals surface area contributed by atoms with Crippen molar-refractivity contribution in [1.82, 2.24) is 15.2 Å². The van der Waals surface area contributed by atoms with E-state index in [1.807, 2.05) is 6.92 Å². The van der Waals surface area contributed by atoms with Gasteiger partial charge >= 0.3 is 12.7 Å². The number of amides is 2.